The van der Waals surface area contributed by atoms with Gasteiger partial charge in [0.25, 0.3) is 0 Å². The van der Waals surface area contributed by atoms with Crippen molar-refractivity contribution in [3.8, 4) is 0 Å². The summed E-state index contributed by atoms with van der Waals surface area (Å²) in [6.07, 6.45) is 3.74. The van der Waals surface area contributed by atoms with Gasteiger partial charge in [0.2, 0.25) is 0 Å². The van der Waals surface area contributed by atoms with Gasteiger partial charge >= 0.3 is 0 Å². The smallest absolute Gasteiger partial charge is 0.132 e. The molecule has 0 radical (unpaired) electrons. The van der Waals surface area contributed by atoms with Crippen LogP contribution in [0.2, 0.25) is 0 Å². The molecule has 1 rings (SSSR count). The van der Waals surface area contributed by atoms with Gasteiger partial charge < -0.3 is 4.90 Å². The SMILES string of the molecule is CSCC(C)N(C)c1cc(C)ncn1. The van der Waals surface area contributed by atoms with E-state index in [1.807, 2.05) is 24.8 Å². The molecular weight excluding hydrogens is 194 g/mol. The molecular formula is C10H17N3S. The first-order valence-corrected chi connectivity index (χ1v) is 6.05. The van der Waals surface area contributed by atoms with Crippen LogP contribution in [0.3, 0.4) is 0 Å². The van der Waals surface area contributed by atoms with Crippen molar-refractivity contribution in [3.63, 3.8) is 0 Å². The van der Waals surface area contributed by atoms with E-state index in [1.54, 1.807) is 6.33 Å². The molecule has 3 nitrogen and oxygen atoms in total. The molecule has 1 heterocycles. The van der Waals surface area contributed by atoms with Crippen LogP contribution in [0.4, 0.5) is 5.82 Å². The molecule has 0 fully saturated rings. The molecule has 1 aromatic rings. The largest absolute Gasteiger partial charge is 0.356 e. The fourth-order valence-corrected chi connectivity index (χ4v) is 1.92. The van der Waals surface area contributed by atoms with Crippen LogP contribution in [0.15, 0.2) is 12.4 Å². The van der Waals surface area contributed by atoms with Gasteiger partial charge in [0.05, 0.1) is 0 Å². The van der Waals surface area contributed by atoms with Gasteiger partial charge in [0, 0.05) is 30.6 Å². The Labute approximate surface area is 89.9 Å². The first-order chi connectivity index (χ1) is 6.65. The summed E-state index contributed by atoms with van der Waals surface area (Å²) in [4.78, 5) is 10.5. The average molecular weight is 211 g/mol. The highest BCUT2D eigenvalue weighted by Gasteiger charge is 2.10. The summed E-state index contributed by atoms with van der Waals surface area (Å²) in [7, 11) is 2.07. The van der Waals surface area contributed by atoms with Crippen LogP contribution in [0.1, 0.15) is 12.6 Å². The summed E-state index contributed by atoms with van der Waals surface area (Å²) in [6.45, 7) is 4.19. The molecule has 14 heavy (non-hydrogen) atoms. The van der Waals surface area contributed by atoms with E-state index in [-0.39, 0.29) is 0 Å². The van der Waals surface area contributed by atoms with Gasteiger partial charge in [-0.1, -0.05) is 0 Å². The van der Waals surface area contributed by atoms with Crippen LogP contribution < -0.4 is 4.90 Å². The van der Waals surface area contributed by atoms with Crippen molar-refractivity contribution in [3.05, 3.63) is 18.1 Å². The Morgan fingerprint density at radius 1 is 1.50 bits per heavy atom. The molecule has 0 saturated heterocycles. The van der Waals surface area contributed by atoms with Crippen LogP contribution in [-0.4, -0.2) is 35.1 Å². The van der Waals surface area contributed by atoms with E-state index in [9.17, 15) is 0 Å². The predicted molar refractivity (Wildman–Crippen MR) is 63.0 cm³/mol. The van der Waals surface area contributed by atoms with Gasteiger partial charge in [-0.05, 0) is 20.1 Å². The molecule has 0 N–H and O–H groups in total. The van der Waals surface area contributed by atoms with Crippen LogP contribution in [0.25, 0.3) is 0 Å². The summed E-state index contributed by atoms with van der Waals surface area (Å²) < 4.78 is 0. The third kappa shape index (κ3) is 2.87. The van der Waals surface area contributed by atoms with Crippen molar-refractivity contribution < 1.29 is 0 Å². The first-order valence-electron chi connectivity index (χ1n) is 4.65. The second-order valence-corrected chi connectivity index (χ2v) is 4.34. The summed E-state index contributed by atoms with van der Waals surface area (Å²) in [5.41, 5.74) is 1.01. The number of thioether (sulfide) groups is 1. The van der Waals surface area contributed by atoms with E-state index in [1.165, 1.54) is 0 Å². The zero-order valence-electron chi connectivity index (χ0n) is 9.19. The second kappa shape index (κ2) is 5.20. The Morgan fingerprint density at radius 2 is 2.21 bits per heavy atom. The van der Waals surface area contributed by atoms with Crippen molar-refractivity contribution in [1.29, 1.82) is 0 Å². The van der Waals surface area contributed by atoms with Crippen LogP contribution in [-0.2, 0) is 0 Å². The Bertz CT molecular complexity index is 290. The lowest BCUT2D eigenvalue weighted by Crippen LogP contribution is -2.31. The Balaban J connectivity index is 2.73. The quantitative estimate of drug-likeness (QED) is 0.761. The van der Waals surface area contributed by atoms with Gasteiger partial charge in [0.15, 0.2) is 0 Å². The lowest BCUT2D eigenvalue weighted by molar-refractivity contribution is 0.750. The number of hydrogen-bond donors (Lipinski definition) is 0. The van der Waals surface area contributed by atoms with E-state index in [2.05, 4.69) is 35.1 Å². The minimum absolute atomic E-state index is 0.499. The molecule has 1 unspecified atom stereocenters. The topological polar surface area (TPSA) is 29.0 Å². The van der Waals surface area contributed by atoms with Crippen LogP contribution in [0, 0.1) is 6.92 Å². The molecule has 0 bridgehead atoms. The number of rotatable bonds is 4. The molecule has 0 spiro atoms. The zero-order chi connectivity index (χ0) is 10.6. The van der Waals surface area contributed by atoms with Gasteiger partial charge in [-0.25, -0.2) is 9.97 Å². The minimum Gasteiger partial charge on any atom is -0.356 e. The fourth-order valence-electron chi connectivity index (χ4n) is 1.21. The minimum atomic E-state index is 0.499. The standard InChI is InChI=1S/C10H17N3S/c1-8-5-10(12-7-11-8)13(3)9(2)6-14-4/h5,7,9H,6H2,1-4H3. The normalized spacial score (nSPS) is 12.6. The van der Waals surface area contributed by atoms with Gasteiger partial charge in [-0.15, -0.1) is 0 Å². The highest BCUT2D eigenvalue weighted by Crippen LogP contribution is 2.13. The lowest BCUT2D eigenvalue weighted by Gasteiger charge is -2.25. The lowest BCUT2D eigenvalue weighted by atomic mass is 10.3. The molecule has 0 aromatic carbocycles. The molecule has 0 amide bonds. The predicted octanol–water partition coefficient (Wildman–Crippen LogP) is 1.97. The first kappa shape index (κ1) is 11.3. The third-order valence-corrected chi connectivity index (χ3v) is 3.04. The monoisotopic (exact) mass is 211 g/mol. The molecule has 1 atom stereocenters. The molecule has 1 aromatic heterocycles. The number of hydrogen-bond acceptors (Lipinski definition) is 4. The van der Waals surface area contributed by atoms with Crippen molar-refractivity contribution in [2.45, 2.75) is 19.9 Å². The number of aryl methyl sites for hydroxylation is 1. The van der Waals surface area contributed by atoms with Crippen molar-refractivity contribution in [2.75, 3.05) is 24.0 Å². The number of aromatic nitrogens is 2. The van der Waals surface area contributed by atoms with Crippen LogP contribution >= 0.6 is 11.8 Å². The van der Waals surface area contributed by atoms with E-state index in [4.69, 9.17) is 0 Å². The Hall–Kier alpha value is -0.770. The highest BCUT2D eigenvalue weighted by molar-refractivity contribution is 7.98. The summed E-state index contributed by atoms with van der Waals surface area (Å²) in [5, 5.41) is 0. The molecule has 78 valence electrons. The van der Waals surface area contributed by atoms with Crippen LogP contribution in [0.5, 0.6) is 0 Å². The van der Waals surface area contributed by atoms with Crippen molar-refractivity contribution in [1.82, 2.24) is 9.97 Å². The van der Waals surface area contributed by atoms with Crippen molar-refractivity contribution >= 4 is 17.6 Å². The average Bonchev–Trinajstić information content (AvgIpc) is 2.17. The molecule has 0 aliphatic rings. The Kier molecular flexibility index (Phi) is 4.20. The number of nitrogens with zero attached hydrogens (tertiary/aromatic N) is 3. The third-order valence-electron chi connectivity index (χ3n) is 2.22. The summed E-state index contributed by atoms with van der Waals surface area (Å²) >= 11 is 1.85. The molecule has 4 heteroatoms. The molecule has 0 aliphatic heterocycles. The zero-order valence-corrected chi connectivity index (χ0v) is 10.0. The fraction of sp³-hybridized carbons (Fsp3) is 0.600. The summed E-state index contributed by atoms with van der Waals surface area (Å²) in [6, 6.07) is 2.51. The van der Waals surface area contributed by atoms with E-state index in [0.717, 1.165) is 17.3 Å². The van der Waals surface area contributed by atoms with Gasteiger partial charge in [0.1, 0.15) is 12.1 Å². The van der Waals surface area contributed by atoms with Gasteiger partial charge in [-0.2, -0.15) is 11.8 Å². The Morgan fingerprint density at radius 3 is 2.79 bits per heavy atom. The van der Waals surface area contributed by atoms with E-state index >= 15 is 0 Å². The number of anilines is 1. The molecule has 0 aliphatic carbocycles. The maximum absolute atomic E-state index is 4.25. The van der Waals surface area contributed by atoms with Crippen molar-refractivity contribution in [2.24, 2.45) is 0 Å². The van der Waals surface area contributed by atoms with Gasteiger partial charge in [-0.3, -0.25) is 0 Å². The maximum Gasteiger partial charge on any atom is 0.132 e. The second-order valence-electron chi connectivity index (χ2n) is 3.43. The molecule has 0 saturated carbocycles. The van der Waals surface area contributed by atoms with E-state index in [0.29, 0.717) is 6.04 Å². The maximum atomic E-state index is 4.25. The highest BCUT2D eigenvalue weighted by atomic mass is 32.2. The summed E-state index contributed by atoms with van der Waals surface area (Å²) in [5.74, 6) is 2.11. The van der Waals surface area contributed by atoms with E-state index < -0.39 is 0 Å².